The first-order valence-electron chi connectivity index (χ1n) is 34.0. The van der Waals surface area contributed by atoms with Crippen LogP contribution in [0.15, 0.2) is 158 Å². The normalized spacial score (nSPS) is 13.1. The highest BCUT2D eigenvalue weighted by Gasteiger charge is 2.19. The molecule has 1 unspecified atom stereocenters. The third-order valence-electron chi connectivity index (χ3n) is 14.0. The Morgan fingerprint density at radius 1 is 0.253 bits per heavy atom. The Balaban J connectivity index is 4.37. The van der Waals surface area contributed by atoms with Gasteiger partial charge in [-0.1, -0.05) is 301 Å². The van der Waals surface area contributed by atoms with Crippen molar-refractivity contribution in [3.63, 3.8) is 0 Å². The minimum atomic E-state index is -0.801. The fraction of sp³-hybridized carbons (Fsp3) is 0.623. The van der Waals surface area contributed by atoms with Gasteiger partial charge in [0.15, 0.2) is 6.10 Å². The maximum atomic E-state index is 12.9. The minimum absolute atomic E-state index is 0.0933. The molecular formula is C77H124O6. The van der Waals surface area contributed by atoms with Crippen LogP contribution in [0.2, 0.25) is 0 Å². The van der Waals surface area contributed by atoms with Crippen LogP contribution in [0.25, 0.3) is 0 Å². The van der Waals surface area contributed by atoms with Gasteiger partial charge in [-0.15, -0.1) is 0 Å². The lowest BCUT2D eigenvalue weighted by Crippen LogP contribution is -2.30. The van der Waals surface area contributed by atoms with E-state index in [9.17, 15) is 14.4 Å². The molecule has 0 rings (SSSR count). The summed E-state index contributed by atoms with van der Waals surface area (Å²) in [6, 6.07) is 0. The monoisotopic (exact) mass is 1140 g/mol. The number of allylic oxidation sites excluding steroid dienone is 26. The molecular weight excluding hydrogens is 1020 g/mol. The number of unbranched alkanes of at least 4 members (excludes halogenated alkanes) is 23. The third-order valence-corrected chi connectivity index (χ3v) is 14.0. The molecule has 468 valence electrons. The van der Waals surface area contributed by atoms with Crippen LogP contribution in [-0.4, -0.2) is 37.2 Å². The van der Waals surface area contributed by atoms with Crippen molar-refractivity contribution in [2.24, 2.45) is 0 Å². The Morgan fingerprint density at radius 2 is 0.470 bits per heavy atom. The van der Waals surface area contributed by atoms with Crippen LogP contribution >= 0.6 is 0 Å². The molecule has 6 heteroatoms. The molecule has 6 nitrogen and oxygen atoms in total. The summed E-state index contributed by atoms with van der Waals surface area (Å²) < 4.78 is 16.9. The molecule has 0 radical (unpaired) electrons. The Morgan fingerprint density at radius 3 is 0.735 bits per heavy atom. The number of hydrogen-bond acceptors (Lipinski definition) is 6. The molecule has 0 aliphatic carbocycles. The van der Waals surface area contributed by atoms with Gasteiger partial charge < -0.3 is 14.2 Å². The second-order valence-electron chi connectivity index (χ2n) is 22.0. The number of carbonyl (C=O) groups excluding carboxylic acids is 3. The molecule has 0 saturated carbocycles. The van der Waals surface area contributed by atoms with Gasteiger partial charge in [0.1, 0.15) is 13.2 Å². The zero-order valence-electron chi connectivity index (χ0n) is 53.7. The van der Waals surface area contributed by atoms with Crippen molar-refractivity contribution in [3.05, 3.63) is 158 Å². The first-order chi connectivity index (χ1) is 41.0. The van der Waals surface area contributed by atoms with Crippen molar-refractivity contribution >= 4 is 17.9 Å². The summed E-state index contributed by atoms with van der Waals surface area (Å²) in [5.41, 5.74) is 0. The lowest BCUT2D eigenvalue weighted by atomic mass is 10.0. The average molecular weight is 1150 g/mol. The molecule has 0 aromatic rings. The highest BCUT2D eigenvalue weighted by molar-refractivity contribution is 5.71. The van der Waals surface area contributed by atoms with Crippen molar-refractivity contribution in [3.8, 4) is 0 Å². The van der Waals surface area contributed by atoms with Crippen LogP contribution in [0.4, 0.5) is 0 Å². The Kier molecular flexibility index (Phi) is 65.4. The standard InChI is InChI=1S/C77H124O6/c1-4-7-10-13-16-19-22-25-27-29-31-32-33-34-35-36-37-38-39-40-41-42-43-44-46-47-49-52-55-58-61-64-67-70-76(79)82-73-74(72-81-75(78)69-66-63-60-57-54-51-24-21-18-15-12-9-6-3)83-77(80)71-68-65-62-59-56-53-50-48-45-30-28-26-23-20-17-14-11-8-5-2/h7-8,10-11,16-17,19-20,25-28,31-32,34-35,37-38,40-41,43-45,47-49,74H,4-6,9,12-15,18,21-24,29-30,33,36,39,42,46,50-73H2,1-3H3/b10-7-,11-8-,19-16-,20-17-,27-25-,28-26-,32-31-,35-34-,38-37-,41-40-,44-43-,48-45-,49-47-. The molecule has 83 heavy (non-hydrogen) atoms. The molecule has 0 aromatic carbocycles. The van der Waals surface area contributed by atoms with Crippen molar-refractivity contribution in [2.75, 3.05) is 13.2 Å². The van der Waals surface area contributed by atoms with Gasteiger partial charge in [0.2, 0.25) is 0 Å². The zero-order valence-corrected chi connectivity index (χ0v) is 53.7. The molecule has 0 heterocycles. The number of esters is 3. The topological polar surface area (TPSA) is 78.9 Å². The van der Waals surface area contributed by atoms with Gasteiger partial charge in [-0.3, -0.25) is 14.4 Å². The van der Waals surface area contributed by atoms with Gasteiger partial charge in [-0.05, 0) is 128 Å². The molecule has 0 N–H and O–H groups in total. The summed E-state index contributed by atoms with van der Waals surface area (Å²) in [6.07, 6.45) is 101. The summed E-state index contributed by atoms with van der Waals surface area (Å²) in [5, 5.41) is 0. The fourth-order valence-corrected chi connectivity index (χ4v) is 9.01. The Labute approximate surface area is 511 Å². The number of rotatable bonds is 60. The van der Waals surface area contributed by atoms with Crippen LogP contribution in [0.3, 0.4) is 0 Å². The molecule has 1 atom stereocenters. The summed E-state index contributed by atoms with van der Waals surface area (Å²) in [7, 11) is 0. The van der Waals surface area contributed by atoms with Crippen LogP contribution in [0.5, 0.6) is 0 Å². The number of ether oxygens (including phenoxy) is 3. The van der Waals surface area contributed by atoms with Gasteiger partial charge in [0.05, 0.1) is 0 Å². The minimum Gasteiger partial charge on any atom is -0.462 e. The van der Waals surface area contributed by atoms with Crippen LogP contribution in [-0.2, 0) is 28.6 Å². The summed E-state index contributed by atoms with van der Waals surface area (Å²) in [5.74, 6) is -0.925. The maximum Gasteiger partial charge on any atom is 0.306 e. The lowest BCUT2D eigenvalue weighted by molar-refractivity contribution is -0.167. The second kappa shape index (κ2) is 69.5. The van der Waals surface area contributed by atoms with E-state index in [1.54, 1.807) is 0 Å². The van der Waals surface area contributed by atoms with Crippen LogP contribution < -0.4 is 0 Å². The van der Waals surface area contributed by atoms with Crippen molar-refractivity contribution in [1.82, 2.24) is 0 Å². The first kappa shape index (κ1) is 78.0. The largest absolute Gasteiger partial charge is 0.462 e. The molecule has 0 aliphatic heterocycles. The van der Waals surface area contributed by atoms with E-state index >= 15 is 0 Å². The number of hydrogen-bond donors (Lipinski definition) is 0. The Hall–Kier alpha value is -4.97. The third kappa shape index (κ3) is 67.7. The van der Waals surface area contributed by atoms with E-state index in [2.05, 4.69) is 179 Å². The average Bonchev–Trinajstić information content (AvgIpc) is 3.49. The zero-order chi connectivity index (χ0) is 59.9. The van der Waals surface area contributed by atoms with Gasteiger partial charge >= 0.3 is 17.9 Å². The molecule has 0 aliphatic rings. The van der Waals surface area contributed by atoms with Crippen molar-refractivity contribution < 1.29 is 28.6 Å². The summed E-state index contributed by atoms with van der Waals surface area (Å²) in [4.78, 5) is 38.4. The van der Waals surface area contributed by atoms with E-state index in [0.717, 1.165) is 173 Å². The predicted octanol–water partition coefficient (Wildman–Crippen LogP) is 23.7. The van der Waals surface area contributed by atoms with E-state index in [1.165, 1.54) is 77.0 Å². The quantitative estimate of drug-likeness (QED) is 0.0261. The van der Waals surface area contributed by atoms with Gasteiger partial charge in [-0.2, -0.15) is 0 Å². The highest BCUT2D eigenvalue weighted by Crippen LogP contribution is 2.15. The number of carbonyl (C=O) groups is 3. The van der Waals surface area contributed by atoms with E-state index in [0.29, 0.717) is 19.3 Å². The highest BCUT2D eigenvalue weighted by atomic mass is 16.6. The van der Waals surface area contributed by atoms with E-state index < -0.39 is 6.10 Å². The fourth-order valence-electron chi connectivity index (χ4n) is 9.01. The second-order valence-corrected chi connectivity index (χ2v) is 22.0. The maximum absolute atomic E-state index is 12.9. The summed E-state index contributed by atoms with van der Waals surface area (Å²) in [6.45, 7) is 6.39. The molecule has 0 saturated heterocycles. The molecule has 0 fully saturated rings. The molecule has 0 bridgehead atoms. The molecule has 0 aromatic heterocycles. The first-order valence-corrected chi connectivity index (χ1v) is 34.0. The van der Waals surface area contributed by atoms with Crippen LogP contribution in [0, 0.1) is 0 Å². The molecule has 0 amide bonds. The van der Waals surface area contributed by atoms with Crippen molar-refractivity contribution in [2.45, 2.75) is 297 Å². The smallest absolute Gasteiger partial charge is 0.306 e. The van der Waals surface area contributed by atoms with Gasteiger partial charge in [0, 0.05) is 19.3 Å². The van der Waals surface area contributed by atoms with Gasteiger partial charge in [0.25, 0.3) is 0 Å². The SMILES string of the molecule is CC/C=C\C/C=C\C/C=C\C/C=C\C/C=C\C/C=C\C/C=C\C/C=C\C/C=C\CCCCCCCC(=O)OCC(COC(=O)CCCCCCCCCCCCCCC)OC(=O)CCCCCCCC/C=C\C/C=C\C/C=C\C/C=C\CC. The van der Waals surface area contributed by atoms with Gasteiger partial charge in [-0.25, -0.2) is 0 Å². The van der Waals surface area contributed by atoms with E-state index in [-0.39, 0.29) is 31.1 Å². The Bertz CT molecular complexity index is 1840. The predicted molar refractivity (Wildman–Crippen MR) is 362 cm³/mol. The van der Waals surface area contributed by atoms with Crippen LogP contribution in [0.1, 0.15) is 290 Å². The van der Waals surface area contributed by atoms with Crippen molar-refractivity contribution in [1.29, 1.82) is 0 Å². The van der Waals surface area contributed by atoms with E-state index in [4.69, 9.17) is 14.2 Å². The van der Waals surface area contributed by atoms with E-state index in [1.807, 2.05) is 0 Å². The lowest BCUT2D eigenvalue weighted by Gasteiger charge is -2.18. The summed E-state index contributed by atoms with van der Waals surface area (Å²) >= 11 is 0. The molecule has 0 spiro atoms.